The molecule has 3 rings (SSSR count). The van der Waals surface area contributed by atoms with Crippen LogP contribution in [0.5, 0.6) is 5.75 Å². The molecule has 0 saturated carbocycles. The van der Waals surface area contributed by atoms with E-state index in [1.807, 2.05) is 36.5 Å². The predicted octanol–water partition coefficient (Wildman–Crippen LogP) is 2.05. The van der Waals surface area contributed by atoms with Crippen LogP contribution >= 0.6 is 0 Å². The van der Waals surface area contributed by atoms with E-state index in [0.717, 1.165) is 29.7 Å². The van der Waals surface area contributed by atoms with Crippen LogP contribution in [-0.2, 0) is 6.42 Å². The van der Waals surface area contributed by atoms with Crippen molar-refractivity contribution in [3.05, 3.63) is 59.9 Å². The van der Waals surface area contributed by atoms with Crippen molar-refractivity contribution in [3.63, 3.8) is 0 Å². The van der Waals surface area contributed by atoms with Gasteiger partial charge in [-0.3, -0.25) is 9.98 Å². The van der Waals surface area contributed by atoms with Gasteiger partial charge in [-0.15, -0.1) is 0 Å². The van der Waals surface area contributed by atoms with Gasteiger partial charge in [0.1, 0.15) is 5.75 Å². The lowest BCUT2D eigenvalue weighted by Crippen LogP contribution is -2.37. The third-order valence-electron chi connectivity index (χ3n) is 3.69. The molecule has 1 unspecified atom stereocenters. The molecule has 1 atom stereocenters. The van der Waals surface area contributed by atoms with E-state index in [0.29, 0.717) is 19.1 Å². The van der Waals surface area contributed by atoms with Crippen LogP contribution in [0.1, 0.15) is 23.6 Å². The maximum absolute atomic E-state index is 6.01. The minimum absolute atomic E-state index is 0.159. The zero-order valence-corrected chi connectivity index (χ0v) is 12.4. The van der Waals surface area contributed by atoms with Crippen molar-refractivity contribution >= 4 is 5.96 Å². The average Bonchev–Trinajstić information content (AvgIpc) is 2.56. The number of aliphatic imine (C=N–C) groups is 1. The van der Waals surface area contributed by atoms with Gasteiger partial charge in [0.15, 0.2) is 5.96 Å². The van der Waals surface area contributed by atoms with Crippen LogP contribution in [0.25, 0.3) is 0 Å². The average molecular weight is 296 g/mol. The number of para-hydroxylation sites is 1. The van der Waals surface area contributed by atoms with Gasteiger partial charge in [-0.05, 0) is 24.1 Å². The zero-order valence-electron chi connectivity index (χ0n) is 12.4. The van der Waals surface area contributed by atoms with Gasteiger partial charge < -0.3 is 15.8 Å². The number of rotatable bonds is 4. The van der Waals surface area contributed by atoms with Gasteiger partial charge in [0.25, 0.3) is 0 Å². The highest BCUT2D eigenvalue weighted by Crippen LogP contribution is 2.31. The maximum atomic E-state index is 6.01. The summed E-state index contributed by atoms with van der Waals surface area (Å²) in [7, 11) is 0. The highest BCUT2D eigenvalue weighted by molar-refractivity contribution is 5.78. The molecule has 114 valence electrons. The Hall–Kier alpha value is -2.56. The Labute approximate surface area is 130 Å². The number of nitrogens with zero attached hydrogens (tertiary/aromatic N) is 2. The van der Waals surface area contributed by atoms with Crippen molar-refractivity contribution in [1.82, 2.24) is 10.3 Å². The molecule has 2 heterocycles. The normalized spacial score (nSPS) is 17.5. The summed E-state index contributed by atoms with van der Waals surface area (Å²) in [6.07, 6.45) is 5.34. The van der Waals surface area contributed by atoms with Crippen LogP contribution in [0.4, 0.5) is 0 Å². The third-order valence-corrected chi connectivity index (χ3v) is 3.69. The molecule has 3 N–H and O–H groups in total. The van der Waals surface area contributed by atoms with Crippen LogP contribution in [0.3, 0.4) is 0 Å². The van der Waals surface area contributed by atoms with Crippen LogP contribution in [-0.4, -0.2) is 24.1 Å². The van der Waals surface area contributed by atoms with Gasteiger partial charge in [0.05, 0.1) is 12.6 Å². The van der Waals surface area contributed by atoms with E-state index in [1.165, 1.54) is 0 Å². The molecule has 0 bridgehead atoms. The van der Waals surface area contributed by atoms with Gasteiger partial charge in [0, 0.05) is 30.9 Å². The lowest BCUT2D eigenvalue weighted by atomic mass is 10.0. The number of ether oxygens (including phenoxy) is 1. The molecule has 5 heteroatoms. The first-order chi connectivity index (χ1) is 10.8. The minimum atomic E-state index is 0.159. The van der Waals surface area contributed by atoms with E-state index in [2.05, 4.69) is 21.4 Å². The molecular formula is C17H20N4O. The Morgan fingerprint density at radius 2 is 2.23 bits per heavy atom. The Bertz CT molecular complexity index is 642. The molecule has 22 heavy (non-hydrogen) atoms. The summed E-state index contributed by atoms with van der Waals surface area (Å²) in [6.45, 7) is 1.34. The highest BCUT2D eigenvalue weighted by atomic mass is 16.5. The van der Waals surface area contributed by atoms with Crippen molar-refractivity contribution in [1.29, 1.82) is 0 Å². The fraction of sp³-hybridized carbons (Fsp3) is 0.294. The molecule has 0 spiro atoms. The van der Waals surface area contributed by atoms with Crippen molar-refractivity contribution in [3.8, 4) is 5.75 Å². The number of hydrogen-bond acceptors (Lipinski definition) is 3. The number of pyridine rings is 1. The molecule has 1 aliphatic heterocycles. The van der Waals surface area contributed by atoms with E-state index < -0.39 is 0 Å². The summed E-state index contributed by atoms with van der Waals surface area (Å²) < 4.78 is 5.65. The Kier molecular flexibility index (Phi) is 4.53. The lowest BCUT2D eigenvalue weighted by molar-refractivity contribution is 0.262. The summed E-state index contributed by atoms with van der Waals surface area (Å²) in [5.74, 6) is 1.40. The SMILES string of the molecule is NC(=NCCc1cccnc1)NC1CCOc2ccccc21. The number of nitrogens with one attached hydrogen (secondary N) is 1. The maximum Gasteiger partial charge on any atom is 0.189 e. The molecular weight excluding hydrogens is 276 g/mol. The first-order valence-corrected chi connectivity index (χ1v) is 7.50. The highest BCUT2D eigenvalue weighted by Gasteiger charge is 2.20. The lowest BCUT2D eigenvalue weighted by Gasteiger charge is -2.26. The van der Waals surface area contributed by atoms with Crippen molar-refractivity contribution in [2.45, 2.75) is 18.9 Å². The van der Waals surface area contributed by atoms with Gasteiger partial charge in [-0.25, -0.2) is 0 Å². The van der Waals surface area contributed by atoms with Crippen molar-refractivity contribution in [2.75, 3.05) is 13.2 Å². The van der Waals surface area contributed by atoms with Crippen molar-refractivity contribution < 1.29 is 4.74 Å². The van der Waals surface area contributed by atoms with Crippen LogP contribution in [0.2, 0.25) is 0 Å². The molecule has 5 nitrogen and oxygen atoms in total. The monoisotopic (exact) mass is 296 g/mol. The fourth-order valence-corrected chi connectivity index (χ4v) is 2.57. The first kappa shape index (κ1) is 14.4. The summed E-state index contributed by atoms with van der Waals surface area (Å²) in [6, 6.07) is 12.2. The van der Waals surface area contributed by atoms with E-state index >= 15 is 0 Å². The summed E-state index contributed by atoms with van der Waals surface area (Å²) in [5.41, 5.74) is 8.31. The van der Waals surface area contributed by atoms with Gasteiger partial charge in [-0.1, -0.05) is 24.3 Å². The molecule has 1 aliphatic rings. The predicted molar refractivity (Wildman–Crippen MR) is 86.9 cm³/mol. The second kappa shape index (κ2) is 6.93. The first-order valence-electron chi connectivity index (χ1n) is 7.50. The van der Waals surface area contributed by atoms with E-state index in [4.69, 9.17) is 10.5 Å². The van der Waals surface area contributed by atoms with Gasteiger partial charge in [-0.2, -0.15) is 0 Å². The quantitative estimate of drug-likeness (QED) is 0.669. The third kappa shape index (κ3) is 3.55. The van der Waals surface area contributed by atoms with Gasteiger partial charge in [0.2, 0.25) is 0 Å². The van der Waals surface area contributed by atoms with Crippen LogP contribution in [0.15, 0.2) is 53.8 Å². The second-order valence-corrected chi connectivity index (χ2v) is 5.25. The molecule has 0 radical (unpaired) electrons. The Morgan fingerprint density at radius 3 is 3.09 bits per heavy atom. The number of guanidine groups is 1. The second-order valence-electron chi connectivity index (χ2n) is 5.25. The molecule has 0 saturated heterocycles. The number of nitrogens with two attached hydrogens (primary N) is 1. The topological polar surface area (TPSA) is 72.5 Å². The fourth-order valence-electron chi connectivity index (χ4n) is 2.57. The Balaban J connectivity index is 1.58. The molecule has 1 aromatic carbocycles. The number of fused-ring (bicyclic) bond motifs is 1. The molecule has 0 amide bonds. The number of hydrogen-bond donors (Lipinski definition) is 2. The summed E-state index contributed by atoms with van der Waals surface area (Å²) in [5, 5.41) is 3.29. The van der Waals surface area contributed by atoms with E-state index in [1.54, 1.807) is 6.20 Å². The van der Waals surface area contributed by atoms with Crippen LogP contribution < -0.4 is 15.8 Å². The molecule has 1 aromatic heterocycles. The zero-order chi connectivity index (χ0) is 15.2. The standard InChI is InChI=1S/C17H20N4O/c18-17(20-10-7-13-4-3-9-19-12-13)21-15-8-11-22-16-6-2-1-5-14(15)16/h1-6,9,12,15H,7-8,10-11H2,(H3,18,20,21). The summed E-state index contributed by atoms with van der Waals surface area (Å²) >= 11 is 0. The van der Waals surface area contributed by atoms with E-state index in [9.17, 15) is 0 Å². The van der Waals surface area contributed by atoms with Crippen LogP contribution in [0, 0.1) is 0 Å². The number of benzene rings is 1. The molecule has 0 aliphatic carbocycles. The smallest absolute Gasteiger partial charge is 0.189 e. The van der Waals surface area contributed by atoms with E-state index in [-0.39, 0.29) is 6.04 Å². The Morgan fingerprint density at radius 1 is 1.32 bits per heavy atom. The minimum Gasteiger partial charge on any atom is -0.493 e. The van der Waals surface area contributed by atoms with Crippen molar-refractivity contribution in [2.24, 2.45) is 10.7 Å². The van der Waals surface area contributed by atoms with Gasteiger partial charge >= 0.3 is 0 Å². The summed E-state index contributed by atoms with van der Waals surface area (Å²) in [4.78, 5) is 8.49. The molecule has 0 fully saturated rings. The molecule has 2 aromatic rings. The number of aromatic nitrogens is 1. The largest absolute Gasteiger partial charge is 0.493 e.